The monoisotopic (exact) mass is 342 g/mol. The number of carbonyl (C=O) groups excluding carboxylic acids is 1. The Labute approximate surface area is 147 Å². The summed E-state index contributed by atoms with van der Waals surface area (Å²) in [6.45, 7) is 1.93. The van der Waals surface area contributed by atoms with E-state index in [1.54, 1.807) is 38.5 Å². The number of nitrogens with one attached hydrogen (secondary N) is 1. The lowest BCUT2D eigenvalue weighted by molar-refractivity contribution is 0.102. The molecule has 0 spiro atoms. The molecule has 2 heterocycles. The van der Waals surface area contributed by atoms with Crippen LogP contribution in [0.15, 0.2) is 30.6 Å². The van der Waals surface area contributed by atoms with Gasteiger partial charge in [0.05, 0.1) is 14.2 Å². The van der Waals surface area contributed by atoms with Gasteiger partial charge in [0.2, 0.25) is 0 Å². The van der Waals surface area contributed by atoms with Gasteiger partial charge in [0.1, 0.15) is 29.3 Å². The average Bonchev–Trinajstić information content (AvgIpc) is 2.68. The molecule has 0 saturated carbocycles. The smallest absolute Gasteiger partial charge is 0.274 e. The molecular weight excluding hydrogens is 320 g/mol. The Kier molecular flexibility index (Phi) is 5.33. The van der Waals surface area contributed by atoms with Gasteiger partial charge in [0.25, 0.3) is 5.91 Å². The van der Waals surface area contributed by atoms with Gasteiger partial charge in [-0.2, -0.15) is 0 Å². The highest BCUT2D eigenvalue weighted by molar-refractivity contribution is 6.03. The van der Waals surface area contributed by atoms with Gasteiger partial charge in [0.15, 0.2) is 0 Å². The molecule has 0 aliphatic carbocycles. The predicted octanol–water partition coefficient (Wildman–Crippen LogP) is 2.74. The fraction of sp³-hybridized carbons (Fsp3) is 0.389. The minimum Gasteiger partial charge on any atom is -0.497 e. The van der Waals surface area contributed by atoms with Crippen LogP contribution in [0.2, 0.25) is 0 Å². The number of hydrogen-bond acceptors (Lipinski definition) is 6. The summed E-state index contributed by atoms with van der Waals surface area (Å²) in [5, 5.41) is 2.83. The van der Waals surface area contributed by atoms with Crippen molar-refractivity contribution in [3.8, 4) is 11.5 Å². The van der Waals surface area contributed by atoms with Crippen LogP contribution < -0.4 is 19.7 Å². The molecule has 1 aliphatic rings. The molecule has 1 aromatic heterocycles. The maximum Gasteiger partial charge on any atom is 0.274 e. The molecule has 1 amide bonds. The van der Waals surface area contributed by atoms with Crippen molar-refractivity contribution in [1.82, 2.24) is 9.97 Å². The van der Waals surface area contributed by atoms with Gasteiger partial charge < -0.3 is 19.7 Å². The van der Waals surface area contributed by atoms with Crippen LogP contribution >= 0.6 is 0 Å². The zero-order valence-electron chi connectivity index (χ0n) is 14.5. The number of piperidine rings is 1. The highest BCUT2D eigenvalue weighted by Gasteiger charge is 2.16. The first-order valence-electron chi connectivity index (χ1n) is 8.31. The normalized spacial score (nSPS) is 14.1. The van der Waals surface area contributed by atoms with Crippen molar-refractivity contribution < 1.29 is 14.3 Å². The summed E-state index contributed by atoms with van der Waals surface area (Å²) in [6.07, 6.45) is 4.97. The van der Waals surface area contributed by atoms with Crippen LogP contribution in [0, 0.1) is 0 Å². The van der Waals surface area contributed by atoms with E-state index in [0.29, 0.717) is 22.9 Å². The molecule has 0 atom stereocenters. The number of rotatable bonds is 5. The fourth-order valence-electron chi connectivity index (χ4n) is 2.84. The molecule has 1 aliphatic heterocycles. The third kappa shape index (κ3) is 4.17. The van der Waals surface area contributed by atoms with Crippen LogP contribution in [0.4, 0.5) is 11.5 Å². The van der Waals surface area contributed by atoms with E-state index in [-0.39, 0.29) is 5.91 Å². The molecule has 1 saturated heterocycles. The molecule has 0 radical (unpaired) electrons. The maximum atomic E-state index is 12.5. The van der Waals surface area contributed by atoms with Gasteiger partial charge in [-0.05, 0) is 19.3 Å². The Hall–Kier alpha value is -2.83. The van der Waals surface area contributed by atoms with E-state index in [4.69, 9.17) is 9.47 Å². The number of methoxy groups -OCH3 is 2. The topological polar surface area (TPSA) is 76.6 Å². The average molecular weight is 342 g/mol. The predicted molar refractivity (Wildman–Crippen MR) is 95.6 cm³/mol. The Morgan fingerprint density at radius 1 is 1.00 bits per heavy atom. The highest BCUT2D eigenvalue weighted by atomic mass is 16.5. The molecule has 1 fully saturated rings. The zero-order valence-corrected chi connectivity index (χ0v) is 14.5. The summed E-state index contributed by atoms with van der Waals surface area (Å²) < 4.78 is 10.4. The lowest BCUT2D eigenvalue weighted by Gasteiger charge is -2.27. The van der Waals surface area contributed by atoms with Gasteiger partial charge in [-0.15, -0.1) is 0 Å². The minimum absolute atomic E-state index is 0.295. The van der Waals surface area contributed by atoms with E-state index in [1.165, 1.54) is 12.7 Å². The van der Waals surface area contributed by atoms with Gasteiger partial charge >= 0.3 is 0 Å². The van der Waals surface area contributed by atoms with Crippen LogP contribution in [-0.4, -0.2) is 43.2 Å². The van der Waals surface area contributed by atoms with Crippen molar-refractivity contribution >= 4 is 17.4 Å². The van der Waals surface area contributed by atoms with Gasteiger partial charge in [-0.25, -0.2) is 9.97 Å². The molecule has 132 valence electrons. The van der Waals surface area contributed by atoms with Crippen LogP contribution in [0.1, 0.15) is 29.8 Å². The number of nitrogens with zero attached hydrogens (tertiary/aromatic N) is 3. The summed E-state index contributed by atoms with van der Waals surface area (Å²) in [5.41, 5.74) is 0.914. The summed E-state index contributed by atoms with van der Waals surface area (Å²) in [4.78, 5) is 23.1. The molecule has 0 unspecified atom stereocenters. The third-order valence-corrected chi connectivity index (χ3v) is 4.17. The first-order chi connectivity index (χ1) is 12.2. The quantitative estimate of drug-likeness (QED) is 0.900. The highest BCUT2D eigenvalue weighted by Crippen LogP contribution is 2.26. The van der Waals surface area contributed by atoms with Crippen molar-refractivity contribution in [3.05, 3.63) is 36.3 Å². The Bertz CT molecular complexity index is 723. The lowest BCUT2D eigenvalue weighted by Crippen LogP contribution is -2.30. The summed E-state index contributed by atoms with van der Waals surface area (Å²) in [5.74, 6) is 1.71. The number of aromatic nitrogens is 2. The molecule has 2 aromatic rings. The van der Waals surface area contributed by atoms with Crippen molar-refractivity contribution in [2.45, 2.75) is 19.3 Å². The molecule has 3 rings (SSSR count). The van der Waals surface area contributed by atoms with Crippen LogP contribution in [0.25, 0.3) is 0 Å². The van der Waals surface area contributed by atoms with Crippen molar-refractivity contribution in [3.63, 3.8) is 0 Å². The minimum atomic E-state index is -0.295. The second-order valence-corrected chi connectivity index (χ2v) is 5.86. The summed E-state index contributed by atoms with van der Waals surface area (Å²) in [7, 11) is 3.13. The Balaban J connectivity index is 1.77. The second-order valence-electron chi connectivity index (χ2n) is 5.86. The van der Waals surface area contributed by atoms with Crippen molar-refractivity contribution in [2.24, 2.45) is 0 Å². The van der Waals surface area contributed by atoms with Gasteiger partial charge in [-0.1, -0.05) is 0 Å². The first-order valence-corrected chi connectivity index (χ1v) is 8.31. The van der Waals surface area contributed by atoms with E-state index >= 15 is 0 Å². The number of amides is 1. The van der Waals surface area contributed by atoms with Gasteiger partial charge in [-0.3, -0.25) is 4.79 Å². The lowest BCUT2D eigenvalue weighted by atomic mass is 10.1. The molecule has 1 N–H and O–H groups in total. The molecule has 0 bridgehead atoms. The van der Waals surface area contributed by atoms with E-state index in [1.807, 2.05) is 0 Å². The Morgan fingerprint density at radius 3 is 2.32 bits per heavy atom. The van der Waals surface area contributed by atoms with Crippen LogP contribution in [0.3, 0.4) is 0 Å². The summed E-state index contributed by atoms with van der Waals surface area (Å²) >= 11 is 0. The molecule has 25 heavy (non-hydrogen) atoms. The van der Waals surface area contributed by atoms with E-state index in [0.717, 1.165) is 31.7 Å². The number of carbonyl (C=O) groups is 1. The molecule has 1 aromatic carbocycles. The largest absolute Gasteiger partial charge is 0.497 e. The molecule has 7 heteroatoms. The van der Waals surface area contributed by atoms with Crippen molar-refractivity contribution in [1.29, 1.82) is 0 Å². The summed E-state index contributed by atoms with van der Waals surface area (Å²) in [6, 6.07) is 6.94. The third-order valence-electron chi connectivity index (χ3n) is 4.17. The first kappa shape index (κ1) is 17.0. The zero-order chi connectivity index (χ0) is 17.6. The number of ether oxygens (including phenoxy) is 2. The molecular formula is C18H22N4O3. The van der Waals surface area contributed by atoms with Crippen molar-refractivity contribution in [2.75, 3.05) is 37.5 Å². The van der Waals surface area contributed by atoms with E-state index in [9.17, 15) is 4.79 Å². The maximum absolute atomic E-state index is 12.5. The standard InChI is InChI=1S/C18H22N4O3/c1-24-14-8-13(9-15(10-14)25-2)21-18(23)16-11-17(20-12-19-16)22-6-4-3-5-7-22/h8-12H,3-7H2,1-2H3,(H,21,23). The number of anilines is 2. The Morgan fingerprint density at radius 2 is 1.68 bits per heavy atom. The fourth-order valence-corrected chi connectivity index (χ4v) is 2.84. The second kappa shape index (κ2) is 7.83. The number of hydrogen-bond donors (Lipinski definition) is 1. The number of benzene rings is 1. The SMILES string of the molecule is COc1cc(NC(=O)c2cc(N3CCCCC3)ncn2)cc(OC)c1. The molecule has 7 nitrogen and oxygen atoms in total. The van der Waals surface area contributed by atoms with E-state index < -0.39 is 0 Å². The van der Waals surface area contributed by atoms with Gasteiger partial charge in [0, 0.05) is 43.0 Å². The van der Waals surface area contributed by atoms with Crippen LogP contribution in [0.5, 0.6) is 11.5 Å². The van der Waals surface area contributed by atoms with Crippen LogP contribution in [-0.2, 0) is 0 Å². The van der Waals surface area contributed by atoms with E-state index in [2.05, 4.69) is 20.2 Å².